The summed E-state index contributed by atoms with van der Waals surface area (Å²) in [4.78, 5) is -1.04. The van der Waals surface area contributed by atoms with Crippen molar-refractivity contribution in [3.8, 4) is 0 Å². The van der Waals surface area contributed by atoms with Gasteiger partial charge in [-0.2, -0.15) is 21.6 Å². The zero-order chi connectivity index (χ0) is 19.5. The third kappa shape index (κ3) is 6.60. The van der Waals surface area contributed by atoms with Crippen molar-refractivity contribution < 1.29 is 34.9 Å². The Bertz CT molecular complexity index is 747. The van der Waals surface area contributed by atoms with Crippen molar-refractivity contribution in [2.24, 2.45) is 0 Å². The Labute approximate surface area is 149 Å². The number of hydrogen-bond donors (Lipinski definition) is 0. The van der Waals surface area contributed by atoms with Gasteiger partial charge >= 0.3 is 6.18 Å². The minimum atomic E-state index is -4.87. The van der Waals surface area contributed by atoms with E-state index in [2.05, 4.69) is 4.18 Å². The first-order chi connectivity index (χ1) is 11.3. The molecule has 25 heavy (non-hydrogen) atoms. The molecule has 11 heteroatoms. The van der Waals surface area contributed by atoms with Gasteiger partial charge in [0.15, 0.2) is 0 Å². The number of hydrogen-bond acceptors (Lipinski definition) is 6. The second kappa shape index (κ2) is 8.43. The highest BCUT2D eigenvalue weighted by molar-refractivity contribution is 8.00. The predicted octanol–water partition coefficient (Wildman–Crippen LogP) is 4.81. The Morgan fingerprint density at radius 3 is 2.36 bits per heavy atom. The fourth-order valence-corrected chi connectivity index (χ4v) is 6.34. The number of rotatable bonds is 8. The normalized spacial score (nSPS) is 15.4. The quantitative estimate of drug-likeness (QED) is 0.341. The Kier molecular flexibility index (Phi) is 7.59. The highest BCUT2D eigenvalue weighted by Gasteiger charge is 2.39. The SMILES string of the molecule is CCSc1cccc(C(F)(F)F)c1S(=O)(=O)OCP(C)(=O)OC(C)C. The van der Waals surface area contributed by atoms with Gasteiger partial charge in [0.05, 0.1) is 11.7 Å². The van der Waals surface area contributed by atoms with Crippen LogP contribution in [-0.4, -0.2) is 33.3 Å². The summed E-state index contributed by atoms with van der Waals surface area (Å²) in [6.45, 7) is 6.04. The third-order valence-corrected chi connectivity index (χ3v) is 6.79. The molecule has 0 N–H and O–H groups in total. The summed E-state index contributed by atoms with van der Waals surface area (Å²) < 4.78 is 86.5. The van der Waals surface area contributed by atoms with Crippen LogP contribution in [-0.2, 0) is 29.6 Å². The van der Waals surface area contributed by atoms with Crippen LogP contribution >= 0.6 is 19.1 Å². The molecular formula is C14H20F3O5PS2. The van der Waals surface area contributed by atoms with Gasteiger partial charge in [0.2, 0.25) is 7.37 Å². The zero-order valence-electron chi connectivity index (χ0n) is 14.2. The third-order valence-electron chi connectivity index (χ3n) is 2.71. The van der Waals surface area contributed by atoms with Crippen LogP contribution in [0.5, 0.6) is 0 Å². The molecule has 0 saturated carbocycles. The summed E-state index contributed by atoms with van der Waals surface area (Å²) in [5, 5.41) is 0. The lowest BCUT2D eigenvalue weighted by atomic mass is 10.2. The Morgan fingerprint density at radius 2 is 1.88 bits per heavy atom. The van der Waals surface area contributed by atoms with Crippen LogP contribution in [0.1, 0.15) is 26.3 Å². The van der Waals surface area contributed by atoms with Gasteiger partial charge in [-0.15, -0.1) is 11.8 Å². The number of halogens is 3. The predicted molar refractivity (Wildman–Crippen MR) is 90.7 cm³/mol. The standard InChI is InChI=1S/C14H20F3O5PS2/c1-5-24-12-8-6-7-11(14(15,16)17)13(12)25(19,20)21-9-23(4,18)22-10(2)3/h6-8,10H,5,9H2,1-4H3. The van der Waals surface area contributed by atoms with Crippen LogP contribution in [0.2, 0.25) is 0 Å². The van der Waals surface area contributed by atoms with Gasteiger partial charge in [-0.25, -0.2) is 0 Å². The van der Waals surface area contributed by atoms with Gasteiger partial charge in [-0.1, -0.05) is 13.0 Å². The molecule has 0 aliphatic carbocycles. The van der Waals surface area contributed by atoms with E-state index in [1.54, 1.807) is 20.8 Å². The summed E-state index contributed by atoms with van der Waals surface area (Å²) in [7, 11) is -8.23. The maximum atomic E-state index is 13.2. The number of alkyl halides is 3. The molecule has 1 unspecified atom stereocenters. The van der Waals surface area contributed by atoms with Gasteiger partial charge in [-0.3, -0.25) is 8.75 Å². The number of benzene rings is 1. The fourth-order valence-electron chi connectivity index (χ4n) is 1.97. The molecule has 0 spiro atoms. The fraction of sp³-hybridized carbons (Fsp3) is 0.571. The van der Waals surface area contributed by atoms with E-state index in [0.717, 1.165) is 17.8 Å². The average molecular weight is 420 g/mol. The highest BCUT2D eigenvalue weighted by atomic mass is 32.2. The van der Waals surface area contributed by atoms with E-state index >= 15 is 0 Å². The molecule has 0 amide bonds. The lowest BCUT2D eigenvalue weighted by Gasteiger charge is -2.19. The van der Waals surface area contributed by atoms with Crippen molar-refractivity contribution in [3.05, 3.63) is 23.8 Å². The molecule has 5 nitrogen and oxygen atoms in total. The maximum absolute atomic E-state index is 13.2. The molecule has 0 heterocycles. The van der Waals surface area contributed by atoms with Crippen molar-refractivity contribution in [1.29, 1.82) is 0 Å². The first kappa shape index (κ1) is 22.5. The monoisotopic (exact) mass is 420 g/mol. The molecule has 1 aromatic rings. The molecule has 0 aliphatic heterocycles. The largest absolute Gasteiger partial charge is 0.417 e. The van der Waals surface area contributed by atoms with Crippen molar-refractivity contribution in [2.45, 2.75) is 42.8 Å². The summed E-state index contributed by atoms with van der Waals surface area (Å²) in [5.74, 6) is 0.368. The minimum absolute atomic E-state index is 0.0759. The van der Waals surface area contributed by atoms with Crippen molar-refractivity contribution >= 4 is 29.2 Å². The Morgan fingerprint density at radius 1 is 1.28 bits per heavy atom. The highest BCUT2D eigenvalue weighted by Crippen LogP contribution is 2.46. The molecule has 1 atom stereocenters. The van der Waals surface area contributed by atoms with E-state index in [0.29, 0.717) is 11.8 Å². The zero-order valence-corrected chi connectivity index (χ0v) is 16.7. The Hall–Kier alpha value is -0.540. The summed E-state index contributed by atoms with van der Waals surface area (Å²) in [6, 6.07) is 3.08. The first-order valence-electron chi connectivity index (χ1n) is 7.27. The van der Waals surface area contributed by atoms with E-state index in [9.17, 15) is 26.2 Å². The van der Waals surface area contributed by atoms with Crippen LogP contribution < -0.4 is 0 Å². The van der Waals surface area contributed by atoms with Crippen LogP contribution in [0.25, 0.3) is 0 Å². The topological polar surface area (TPSA) is 69.7 Å². The summed E-state index contributed by atoms with van der Waals surface area (Å²) in [5.41, 5.74) is -1.32. The lowest BCUT2D eigenvalue weighted by Crippen LogP contribution is -2.17. The molecule has 0 fully saturated rings. The molecular weight excluding hydrogens is 400 g/mol. The van der Waals surface area contributed by atoms with Crippen LogP contribution in [0.4, 0.5) is 13.2 Å². The van der Waals surface area contributed by atoms with E-state index < -0.39 is 46.6 Å². The van der Waals surface area contributed by atoms with Crippen molar-refractivity contribution in [2.75, 3.05) is 18.8 Å². The first-order valence-corrected chi connectivity index (χ1v) is 11.9. The maximum Gasteiger partial charge on any atom is 0.417 e. The van der Waals surface area contributed by atoms with E-state index in [4.69, 9.17) is 4.52 Å². The molecule has 1 aromatic carbocycles. The van der Waals surface area contributed by atoms with Crippen molar-refractivity contribution in [1.82, 2.24) is 0 Å². The molecule has 1 rings (SSSR count). The van der Waals surface area contributed by atoms with Gasteiger partial charge in [-0.05, 0) is 31.7 Å². The molecule has 0 saturated heterocycles. The molecule has 0 aromatic heterocycles. The second-order valence-electron chi connectivity index (χ2n) is 5.43. The number of thioether (sulfide) groups is 1. The Balaban J connectivity index is 3.30. The van der Waals surface area contributed by atoms with Gasteiger partial charge in [0.1, 0.15) is 11.2 Å². The summed E-state index contributed by atoms with van der Waals surface area (Å²) in [6.07, 6.45) is -6.16. The van der Waals surface area contributed by atoms with Gasteiger partial charge in [0.25, 0.3) is 10.1 Å². The molecule has 144 valence electrons. The van der Waals surface area contributed by atoms with Gasteiger partial charge in [0, 0.05) is 11.6 Å². The minimum Gasteiger partial charge on any atom is -0.324 e. The van der Waals surface area contributed by atoms with Gasteiger partial charge < -0.3 is 4.52 Å². The summed E-state index contributed by atoms with van der Waals surface area (Å²) >= 11 is 0.944. The molecule has 0 radical (unpaired) electrons. The second-order valence-corrected chi connectivity index (χ2v) is 10.8. The van der Waals surface area contributed by atoms with Crippen LogP contribution in [0, 0.1) is 0 Å². The van der Waals surface area contributed by atoms with Crippen LogP contribution in [0.3, 0.4) is 0 Å². The van der Waals surface area contributed by atoms with Crippen molar-refractivity contribution in [3.63, 3.8) is 0 Å². The van der Waals surface area contributed by atoms with Crippen LogP contribution in [0.15, 0.2) is 28.0 Å². The van der Waals surface area contributed by atoms with E-state index in [-0.39, 0.29) is 4.90 Å². The molecule has 0 bridgehead atoms. The smallest absolute Gasteiger partial charge is 0.324 e. The lowest BCUT2D eigenvalue weighted by molar-refractivity contribution is -0.140. The molecule has 0 aliphatic rings. The average Bonchev–Trinajstić information content (AvgIpc) is 2.43. The van der Waals surface area contributed by atoms with E-state index in [1.165, 1.54) is 12.7 Å². The van der Waals surface area contributed by atoms with E-state index in [1.807, 2.05) is 0 Å².